The summed E-state index contributed by atoms with van der Waals surface area (Å²) >= 11 is 0. The van der Waals surface area contributed by atoms with Crippen LogP contribution in [0.2, 0.25) is 0 Å². The molecule has 6 nitrogen and oxygen atoms in total. The van der Waals surface area contributed by atoms with Crippen molar-refractivity contribution >= 4 is 11.7 Å². The first-order valence-electron chi connectivity index (χ1n) is 8.64. The molecule has 0 aliphatic carbocycles. The van der Waals surface area contributed by atoms with Crippen molar-refractivity contribution in [3.63, 3.8) is 0 Å². The number of nitrogens with one attached hydrogen (secondary N) is 1. The number of nitrogens with zero attached hydrogens (tertiary/aromatic N) is 2. The molecular formula is C21H23N3O3. The number of aromatic nitrogens is 2. The van der Waals surface area contributed by atoms with E-state index in [4.69, 9.17) is 9.47 Å². The van der Waals surface area contributed by atoms with Crippen LogP contribution in [0.15, 0.2) is 48.5 Å². The van der Waals surface area contributed by atoms with E-state index in [0.717, 1.165) is 16.9 Å². The van der Waals surface area contributed by atoms with Crippen LogP contribution in [-0.2, 0) is 11.2 Å². The Balaban J connectivity index is 1.82. The summed E-state index contributed by atoms with van der Waals surface area (Å²) in [5, 5.41) is 7.44. The Labute approximate surface area is 158 Å². The molecule has 1 aromatic heterocycles. The largest absolute Gasteiger partial charge is 0.497 e. The number of rotatable bonds is 6. The summed E-state index contributed by atoms with van der Waals surface area (Å²) in [6.07, 6.45) is 0.165. The fraction of sp³-hybridized carbons (Fsp3) is 0.238. The second-order valence-corrected chi connectivity index (χ2v) is 6.32. The lowest BCUT2D eigenvalue weighted by molar-refractivity contribution is -0.115. The standard InChI is InChI=1S/C21H23N3O3/c1-14-5-7-17(8-6-14)24-20(11-15(2)23-24)22-21(25)13-16-12-18(26-3)9-10-19(16)27-4/h5-12H,13H2,1-4H3,(H,22,25). The highest BCUT2D eigenvalue weighted by molar-refractivity contribution is 5.92. The molecule has 0 radical (unpaired) electrons. The van der Waals surface area contributed by atoms with Crippen molar-refractivity contribution in [3.8, 4) is 17.2 Å². The number of anilines is 1. The Morgan fingerprint density at radius 1 is 1.04 bits per heavy atom. The van der Waals surface area contributed by atoms with Crippen LogP contribution < -0.4 is 14.8 Å². The van der Waals surface area contributed by atoms with Crippen LogP contribution in [-0.4, -0.2) is 29.9 Å². The van der Waals surface area contributed by atoms with Gasteiger partial charge in [-0.3, -0.25) is 4.79 Å². The van der Waals surface area contributed by atoms with Gasteiger partial charge in [-0.25, -0.2) is 4.68 Å². The first-order valence-corrected chi connectivity index (χ1v) is 8.64. The lowest BCUT2D eigenvalue weighted by Gasteiger charge is -2.12. The molecule has 3 aromatic rings. The molecule has 2 aromatic carbocycles. The maximum absolute atomic E-state index is 12.6. The highest BCUT2D eigenvalue weighted by Gasteiger charge is 2.14. The van der Waals surface area contributed by atoms with Gasteiger partial charge in [-0.05, 0) is 44.2 Å². The molecule has 6 heteroatoms. The lowest BCUT2D eigenvalue weighted by Crippen LogP contribution is -2.17. The molecule has 0 saturated carbocycles. The maximum Gasteiger partial charge on any atom is 0.230 e. The van der Waals surface area contributed by atoms with E-state index in [0.29, 0.717) is 17.3 Å². The molecule has 0 aliphatic heterocycles. The van der Waals surface area contributed by atoms with Gasteiger partial charge in [-0.15, -0.1) is 0 Å². The molecule has 140 valence electrons. The van der Waals surface area contributed by atoms with E-state index in [2.05, 4.69) is 10.4 Å². The van der Waals surface area contributed by atoms with Crippen molar-refractivity contribution in [1.82, 2.24) is 9.78 Å². The Hall–Kier alpha value is -3.28. The second-order valence-electron chi connectivity index (χ2n) is 6.32. The number of benzene rings is 2. The topological polar surface area (TPSA) is 65.4 Å². The van der Waals surface area contributed by atoms with Gasteiger partial charge in [0.05, 0.1) is 32.0 Å². The zero-order valence-electron chi connectivity index (χ0n) is 15.9. The summed E-state index contributed by atoms with van der Waals surface area (Å²) in [6.45, 7) is 3.92. The van der Waals surface area contributed by atoms with E-state index in [1.165, 1.54) is 5.56 Å². The molecule has 0 atom stereocenters. The molecular weight excluding hydrogens is 342 g/mol. The molecule has 0 unspecified atom stereocenters. The van der Waals surface area contributed by atoms with Crippen LogP contribution in [0.5, 0.6) is 11.5 Å². The van der Waals surface area contributed by atoms with Crippen molar-refractivity contribution in [2.75, 3.05) is 19.5 Å². The van der Waals surface area contributed by atoms with Crippen LogP contribution in [0, 0.1) is 13.8 Å². The summed E-state index contributed by atoms with van der Waals surface area (Å²) in [7, 11) is 3.17. The Kier molecular flexibility index (Phi) is 5.45. The predicted octanol–water partition coefficient (Wildman–Crippen LogP) is 3.69. The van der Waals surface area contributed by atoms with E-state index in [1.54, 1.807) is 37.1 Å². The molecule has 1 heterocycles. The third-order valence-electron chi connectivity index (χ3n) is 4.22. The van der Waals surface area contributed by atoms with Gasteiger partial charge < -0.3 is 14.8 Å². The third-order valence-corrected chi connectivity index (χ3v) is 4.22. The summed E-state index contributed by atoms with van der Waals surface area (Å²) in [6, 6.07) is 15.2. The smallest absolute Gasteiger partial charge is 0.230 e. The van der Waals surface area contributed by atoms with Crippen molar-refractivity contribution in [2.45, 2.75) is 20.3 Å². The number of hydrogen-bond donors (Lipinski definition) is 1. The van der Waals surface area contributed by atoms with Crippen LogP contribution in [0.4, 0.5) is 5.82 Å². The Morgan fingerprint density at radius 3 is 2.44 bits per heavy atom. The second kappa shape index (κ2) is 7.95. The summed E-state index contributed by atoms with van der Waals surface area (Å²) in [4.78, 5) is 12.6. The fourth-order valence-corrected chi connectivity index (χ4v) is 2.85. The first-order chi connectivity index (χ1) is 13.0. The Bertz CT molecular complexity index is 946. The molecule has 1 N–H and O–H groups in total. The van der Waals surface area contributed by atoms with Gasteiger partial charge >= 0.3 is 0 Å². The Morgan fingerprint density at radius 2 is 1.78 bits per heavy atom. The number of carbonyl (C=O) groups is 1. The molecule has 27 heavy (non-hydrogen) atoms. The van der Waals surface area contributed by atoms with Crippen LogP contribution >= 0.6 is 0 Å². The monoisotopic (exact) mass is 365 g/mol. The van der Waals surface area contributed by atoms with Crippen molar-refractivity contribution in [2.24, 2.45) is 0 Å². The average Bonchev–Trinajstić information content (AvgIpc) is 3.02. The quantitative estimate of drug-likeness (QED) is 0.724. The maximum atomic E-state index is 12.6. The van der Waals surface area contributed by atoms with Crippen molar-refractivity contribution < 1.29 is 14.3 Å². The van der Waals surface area contributed by atoms with Gasteiger partial charge in [0.25, 0.3) is 0 Å². The molecule has 0 aliphatic rings. The van der Waals surface area contributed by atoms with Gasteiger partial charge in [-0.2, -0.15) is 5.10 Å². The summed E-state index contributed by atoms with van der Waals surface area (Å²) in [5.41, 5.74) is 3.64. The fourth-order valence-electron chi connectivity index (χ4n) is 2.85. The first kappa shape index (κ1) is 18.5. The van der Waals surface area contributed by atoms with E-state index in [9.17, 15) is 4.79 Å². The minimum absolute atomic E-state index is 0.158. The molecule has 0 fully saturated rings. The normalized spacial score (nSPS) is 10.5. The number of amides is 1. The van der Waals surface area contributed by atoms with E-state index in [1.807, 2.05) is 44.2 Å². The average molecular weight is 365 g/mol. The van der Waals surface area contributed by atoms with Gasteiger partial charge in [0, 0.05) is 11.6 Å². The minimum Gasteiger partial charge on any atom is -0.497 e. The van der Waals surface area contributed by atoms with Gasteiger partial charge in [0.1, 0.15) is 17.3 Å². The highest BCUT2D eigenvalue weighted by Crippen LogP contribution is 2.25. The predicted molar refractivity (Wildman–Crippen MR) is 105 cm³/mol. The third kappa shape index (κ3) is 4.28. The minimum atomic E-state index is -0.158. The molecule has 3 rings (SSSR count). The van der Waals surface area contributed by atoms with Gasteiger partial charge in [-0.1, -0.05) is 17.7 Å². The number of aryl methyl sites for hydroxylation is 2. The van der Waals surface area contributed by atoms with E-state index in [-0.39, 0.29) is 12.3 Å². The summed E-state index contributed by atoms with van der Waals surface area (Å²) < 4.78 is 12.3. The van der Waals surface area contributed by atoms with E-state index < -0.39 is 0 Å². The van der Waals surface area contributed by atoms with E-state index >= 15 is 0 Å². The molecule has 0 spiro atoms. The highest BCUT2D eigenvalue weighted by atomic mass is 16.5. The number of methoxy groups -OCH3 is 2. The zero-order chi connectivity index (χ0) is 19.4. The number of hydrogen-bond acceptors (Lipinski definition) is 4. The molecule has 0 bridgehead atoms. The van der Waals surface area contributed by atoms with Crippen molar-refractivity contribution in [3.05, 3.63) is 65.4 Å². The van der Waals surface area contributed by atoms with Crippen molar-refractivity contribution in [1.29, 1.82) is 0 Å². The van der Waals surface area contributed by atoms with Crippen LogP contribution in [0.1, 0.15) is 16.8 Å². The van der Waals surface area contributed by atoms with Gasteiger partial charge in [0.15, 0.2) is 0 Å². The van der Waals surface area contributed by atoms with Crippen LogP contribution in [0.3, 0.4) is 0 Å². The number of carbonyl (C=O) groups excluding carboxylic acids is 1. The lowest BCUT2D eigenvalue weighted by atomic mass is 10.1. The SMILES string of the molecule is COc1ccc(OC)c(CC(=O)Nc2cc(C)nn2-c2ccc(C)cc2)c1. The zero-order valence-corrected chi connectivity index (χ0v) is 15.9. The van der Waals surface area contributed by atoms with Gasteiger partial charge in [0.2, 0.25) is 5.91 Å². The summed E-state index contributed by atoms with van der Waals surface area (Å²) in [5.74, 6) is 1.80. The molecule has 0 saturated heterocycles. The molecule has 1 amide bonds. The van der Waals surface area contributed by atoms with Crippen LogP contribution in [0.25, 0.3) is 5.69 Å². The number of ether oxygens (including phenoxy) is 2.